The van der Waals surface area contributed by atoms with E-state index in [1.54, 1.807) is 50.8 Å². The van der Waals surface area contributed by atoms with E-state index in [0.717, 1.165) is 0 Å². The summed E-state index contributed by atoms with van der Waals surface area (Å²) in [6.45, 7) is 8.17. The van der Waals surface area contributed by atoms with Crippen molar-refractivity contribution in [3.63, 3.8) is 0 Å². The minimum Gasteiger partial charge on any atom is -0.497 e. The fraction of sp³-hybridized carbons (Fsp3) is 0.632. The molecule has 1 N–H and O–H groups in total. The van der Waals surface area contributed by atoms with E-state index in [2.05, 4.69) is 0 Å². The number of benzene rings is 1. The van der Waals surface area contributed by atoms with E-state index < -0.39 is 37.9 Å². The highest BCUT2D eigenvalue weighted by atomic mass is 28.4. The third kappa shape index (κ3) is 5.48. The van der Waals surface area contributed by atoms with Gasteiger partial charge in [-0.3, -0.25) is 0 Å². The van der Waals surface area contributed by atoms with Crippen LogP contribution in [-0.4, -0.2) is 38.3 Å². The highest BCUT2D eigenvalue weighted by Gasteiger charge is 2.65. The van der Waals surface area contributed by atoms with E-state index >= 15 is 0 Å². The average molecular weight is 407 g/mol. The highest BCUT2D eigenvalue weighted by Crippen LogP contribution is 2.47. The van der Waals surface area contributed by atoms with Crippen LogP contribution < -0.4 is 4.74 Å². The summed E-state index contributed by atoms with van der Waals surface area (Å²) in [5.41, 5.74) is -3.72. The van der Waals surface area contributed by atoms with E-state index in [1.165, 1.54) is 7.11 Å². The minimum atomic E-state index is -5.05. The molecule has 0 aliphatic rings. The van der Waals surface area contributed by atoms with Gasteiger partial charge in [-0.25, -0.2) is 4.79 Å². The molecule has 27 heavy (non-hydrogen) atoms. The predicted octanol–water partition coefficient (Wildman–Crippen LogP) is 5.38. The average Bonchev–Trinajstić information content (AvgIpc) is 2.52. The fourth-order valence-electron chi connectivity index (χ4n) is 3.39. The van der Waals surface area contributed by atoms with E-state index in [9.17, 15) is 23.1 Å². The Bertz CT molecular complexity index is 657. The van der Waals surface area contributed by atoms with Gasteiger partial charge in [0.1, 0.15) is 5.75 Å². The van der Waals surface area contributed by atoms with Crippen molar-refractivity contribution in [3.05, 3.63) is 29.8 Å². The number of halogens is 3. The fourth-order valence-corrected chi connectivity index (χ4v) is 4.71. The third-order valence-corrected chi connectivity index (χ3v) is 5.45. The Labute approximate surface area is 159 Å². The number of ether oxygens (including phenoxy) is 1. The molecule has 0 fully saturated rings. The maximum atomic E-state index is 14.1. The second kappa shape index (κ2) is 8.22. The number of rotatable bonds is 9. The van der Waals surface area contributed by atoms with Crippen LogP contribution in [0.3, 0.4) is 0 Å². The van der Waals surface area contributed by atoms with Crippen LogP contribution in [-0.2, 0) is 14.6 Å². The van der Waals surface area contributed by atoms with Gasteiger partial charge in [-0.15, -0.1) is 0 Å². The summed E-state index contributed by atoms with van der Waals surface area (Å²) in [6, 6.07) is 6.75. The Morgan fingerprint density at radius 2 is 1.81 bits per heavy atom. The summed E-state index contributed by atoms with van der Waals surface area (Å²) in [6.07, 6.45) is -4.79. The zero-order valence-corrected chi connectivity index (χ0v) is 17.7. The van der Waals surface area contributed by atoms with Crippen molar-refractivity contribution < 1.29 is 32.2 Å². The second-order valence-electron chi connectivity index (χ2n) is 8.06. The van der Waals surface area contributed by atoms with Crippen molar-refractivity contribution in [1.82, 2.24) is 0 Å². The van der Waals surface area contributed by atoms with Crippen LogP contribution in [0.1, 0.15) is 38.7 Å². The Hall–Kier alpha value is -1.54. The molecule has 0 aromatic heterocycles. The lowest BCUT2D eigenvalue weighted by Crippen LogP contribution is -2.61. The topological polar surface area (TPSA) is 55.8 Å². The van der Waals surface area contributed by atoms with Crippen molar-refractivity contribution in [3.8, 4) is 5.75 Å². The molecule has 0 saturated carbocycles. The number of carboxylic acid groups (broad SMARTS) is 1. The van der Waals surface area contributed by atoms with Gasteiger partial charge >= 0.3 is 12.1 Å². The van der Waals surface area contributed by atoms with E-state index in [1.807, 2.05) is 6.92 Å². The van der Waals surface area contributed by atoms with Crippen molar-refractivity contribution in [1.29, 1.82) is 0 Å². The SMILES string of the molecule is CCCC(C)(CC(O[Si](C)(C)C)(C(=O)O)C(F)(F)F)c1cccc(OC)c1. The van der Waals surface area contributed by atoms with Crippen molar-refractivity contribution in [2.75, 3.05) is 7.11 Å². The summed E-state index contributed by atoms with van der Waals surface area (Å²) >= 11 is 0. The van der Waals surface area contributed by atoms with Crippen LogP contribution in [0.25, 0.3) is 0 Å². The quantitative estimate of drug-likeness (QED) is 0.560. The monoisotopic (exact) mass is 406 g/mol. The van der Waals surface area contributed by atoms with Gasteiger partial charge in [0.15, 0.2) is 8.32 Å². The molecule has 0 amide bonds. The number of aliphatic carboxylic acids is 1. The summed E-state index contributed by atoms with van der Waals surface area (Å²) in [5, 5.41) is 9.65. The van der Waals surface area contributed by atoms with Crippen LogP contribution in [0, 0.1) is 0 Å². The lowest BCUT2D eigenvalue weighted by atomic mass is 9.70. The maximum absolute atomic E-state index is 14.1. The Kier molecular flexibility index (Phi) is 7.15. The molecular weight excluding hydrogens is 377 g/mol. The van der Waals surface area contributed by atoms with E-state index in [-0.39, 0.29) is 0 Å². The Morgan fingerprint density at radius 1 is 1.22 bits per heavy atom. The molecule has 0 spiro atoms. The van der Waals surface area contributed by atoms with Gasteiger partial charge in [0, 0.05) is 6.42 Å². The van der Waals surface area contributed by atoms with Crippen LogP contribution in [0.4, 0.5) is 13.2 Å². The molecule has 8 heteroatoms. The second-order valence-corrected chi connectivity index (χ2v) is 12.5. The molecule has 2 unspecified atom stereocenters. The summed E-state index contributed by atoms with van der Waals surface area (Å²) in [4.78, 5) is 11.9. The van der Waals surface area contributed by atoms with Gasteiger partial charge in [-0.1, -0.05) is 32.4 Å². The normalized spacial score (nSPS) is 17.1. The molecule has 0 radical (unpaired) electrons. The molecule has 2 atom stereocenters. The molecule has 1 rings (SSSR count). The molecule has 0 saturated heterocycles. The number of methoxy groups -OCH3 is 1. The number of hydrogen-bond donors (Lipinski definition) is 1. The molecule has 0 bridgehead atoms. The summed E-state index contributed by atoms with van der Waals surface area (Å²) in [5.74, 6) is -1.49. The first-order valence-electron chi connectivity index (χ1n) is 8.85. The number of hydrogen-bond acceptors (Lipinski definition) is 3. The van der Waals surface area contributed by atoms with Gasteiger partial charge in [0.05, 0.1) is 7.11 Å². The van der Waals surface area contributed by atoms with Crippen LogP contribution in [0.5, 0.6) is 5.75 Å². The first-order chi connectivity index (χ1) is 12.2. The van der Waals surface area contributed by atoms with Gasteiger partial charge in [0.25, 0.3) is 5.60 Å². The lowest BCUT2D eigenvalue weighted by Gasteiger charge is -2.43. The molecule has 1 aromatic carbocycles. The van der Waals surface area contributed by atoms with Gasteiger partial charge < -0.3 is 14.3 Å². The smallest absolute Gasteiger partial charge is 0.427 e. The first-order valence-corrected chi connectivity index (χ1v) is 12.3. The van der Waals surface area contributed by atoms with Crippen LogP contribution >= 0.6 is 0 Å². The van der Waals surface area contributed by atoms with Crippen LogP contribution in [0.15, 0.2) is 24.3 Å². The summed E-state index contributed by atoms with van der Waals surface area (Å²) in [7, 11) is -1.36. The van der Waals surface area contributed by atoms with Crippen molar-refractivity contribution >= 4 is 14.3 Å². The minimum absolute atomic E-state index is 0.375. The lowest BCUT2D eigenvalue weighted by molar-refractivity contribution is -0.259. The van der Waals surface area contributed by atoms with Gasteiger partial charge in [0.2, 0.25) is 0 Å². The van der Waals surface area contributed by atoms with Gasteiger partial charge in [-0.05, 0) is 49.2 Å². The molecule has 0 aliphatic carbocycles. The Balaban J connectivity index is 3.57. The predicted molar refractivity (Wildman–Crippen MR) is 101 cm³/mol. The zero-order valence-electron chi connectivity index (χ0n) is 16.7. The standard InChI is InChI=1S/C19H29F3O4Si/c1-7-11-17(2,14-9-8-10-15(12-14)25-3)13-18(16(23)24,19(20,21)22)26-27(4,5)6/h8-10,12H,7,11,13H2,1-6H3,(H,23,24). The maximum Gasteiger partial charge on any atom is 0.427 e. The molecule has 4 nitrogen and oxygen atoms in total. The summed E-state index contributed by atoms with van der Waals surface area (Å²) < 4.78 is 52.8. The highest BCUT2D eigenvalue weighted by molar-refractivity contribution is 6.70. The van der Waals surface area contributed by atoms with E-state index in [4.69, 9.17) is 9.16 Å². The van der Waals surface area contributed by atoms with E-state index in [0.29, 0.717) is 24.2 Å². The number of alkyl halides is 3. The van der Waals surface area contributed by atoms with Crippen molar-refractivity contribution in [2.24, 2.45) is 0 Å². The Morgan fingerprint density at radius 3 is 2.22 bits per heavy atom. The number of carboxylic acids is 1. The largest absolute Gasteiger partial charge is 0.497 e. The molecule has 154 valence electrons. The van der Waals surface area contributed by atoms with Gasteiger partial charge in [-0.2, -0.15) is 13.2 Å². The van der Waals surface area contributed by atoms with Crippen molar-refractivity contribution in [2.45, 2.75) is 69.9 Å². The molecule has 0 aliphatic heterocycles. The first kappa shape index (κ1) is 23.5. The molecule has 0 heterocycles. The zero-order chi connectivity index (χ0) is 21.1. The molecule has 1 aromatic rings. The van der Waals surface area contributed by atoms with Crippen LogP contribution in [0.2, 0.25) is 19.6 Å². The number of carbonyl (C=O) groups is 1. The third-order valence-electron chi connectivity index (χ3n) is 4.49. The molecular formula is C19H29F3O4Si.